The number of carbonyl (C=O) groups excluding carboxylic acids is 1. The first kappa shape index (κ1) is 18.4. The van der Waals surface area contributed by atoms with Gasteiger partial charge in [-0.2, -0.15) is 0 Å². The second-order valence-corrected chi connectivity index (χ2v) is 5.83. The lowest BCUT2D eigenvalue weighted by atomic mass is 10.2. The van der Waals surface area contributed by atoms with Crippen molar-refractivity contribution in [2.45, 2.75) is 13.1 Å². The fourth-order valence-corrected chi connectivity index (χ4v) is 2.59. The van der Waals surface area contributed by atoms with E-state index in [9.17, 15) is 4.79 Å². The lowest BCUT2D eigenvalue weighted by Gasteiger charge is -2.18. The second-order valence-electron chi connectivity index (χ2n) is 5.83. The lowest BCUT2D eigenvalue weighted by Crippen LogP contribution is -2.28. The first-order valence-corrected chi connectivity index (χ1v) is 8.43. The van der Waals surface area contributed by atoms with Gasteiger partial charge in [-0.25, -0.2) is 0 Å². The van der Waals surface area contributed by atoms with E-state index in [0.717, 1.165) is 5.56 Å². The standard InChI is InChI=1S/C21H21NO5/c1-24-19-11-16(12-20(13-19)25-2)7-8-21(23)22(14-17-5-3-9-26-17)15-18-6-4-10-27-18/h3-13H,14-15H2,1-2H3/b8-7+. The number of hydrogen-bond acceptors (Lipinski definition) is 5. The Bertz CT molecular complexity index is 823. The summed E-state index contributed by atoms with van der Waals surface area (Å²) in [4.78, 5) is 14.4. The highest BCUT2D eigenvalue weighted by atomic mass is 16.5. The van der Waals surface area contributed by atoms with Crippen molar-refractivity contribution in [3.8, 4) is 11.5 Å². The summed E-state index contributed by atoms with van der Waals surface area (Å²) in [6, 6.07) is 12.7. The summed E-state index contributed by atoms with van der Waals surface area (Å²) in [5.74, 6) is 2.55. The first-order valence-electron chi connectivity index (χ1n) is 8.43. The second kappa shape index (κ2) is 8.80. The van der Waals surface area contributed by atoms with Crippen LogP contribution in [0.4, 0.5) is 0 Å². The number of nitrogens with zero attached hydrogens (tertiary/aromatic N) is 1. The van der Waals surface area contributed by atoms with Crippen molar-refractivity contribution in [1.82, 2.24) is 4.90 Å². The number of amides is 1. The van der Waals surface area contributed by atoms with E-state index in [2.05, 4.69) is 0 Å². The minimum atomic E-state index is -0.162. The predicted molar refractivity (Wildman–Crippen MR) is 100 cm³/mol. The van der Waals surface area contributed by atoms with E-state index in [-0.39, 0.29) is 5.91 Å². The minimum Gasteiger partial charge on any atom is -0.497 e. The molecule has 0 N–H and O–H groups in total. The van der Waals surface area contributed by atoms with E-state index in [4.69, 9.17) is 18.3 Å². The molecule has 0 saturated carbocycles. The molecule has 0 bridgehead atoms. The quantitative estimate of drug-likeness (QED) is 0.560. The van der Waals surface area contributed by atoms with E-state index in [1.54, 1.807) is 55.9 Å². The van der Waals surface area contributed by atoms with Gasteiger partial charge in [0.1, 0.15) is 23.0 Å². The molecule has 0 fully saturated rings. The highest BCUT2D eigenvalue weighted by Crippen LogP contribution is 2.23. The molecule has 0 aliphatic carbocycles. The normalized spacial score (nSPS) is 10.9. The molecule has 140 valence electrons. The average molecular weight is 367 g/mol. The zero-order valence-electron chi connectivity index (χ0n) is 15.3. The molecule has 6 heteroatoms. The summed E-state index contributed by atoms with van der Waals surface area (Å²) in [5, 5.41) is 0. The van der Waals surface area contributed by atoms with Crippen molar-refractivity contribution in [1.29, 1.82) is 0 Å². The zero-order valence-corrected chi connectivity index (χ0v) is 15.3. The van der Waals surface area contributed by atoms with Gasteiger partial charge in [0, 0.05) is 12.1 Å². The van der Waals surface area contributed by atoms with Crippen LogP contribution in [0, 0.1) is 0 Å². The molecule has 6 nitrogen and oxygen atoms in total. The average Bonchev–Trinajstić information content (AvgIpc) is 3.39. The van der Waals surface area contributed by atoms with Crippen LogP contribution in [0.1, 0.15) is 17.1 Å². The molecule has 1 aromatic carbocycles. The van der Waals surface area contributed by atoms with Gasteiger partial charge < -0.3 is 23.2 Å². The van der Waals surface area contributed by atoms with Crippen molar-refractivity contribution in [2.24, 2.45) is 0 Å². The number of carbonyl (C=O) groups is 1. The smallest absolute Gasteiger partial charge is 0.247 e. The van der Waals surface area contributed by atoms with Gasteiger partial charge in [-0.1, -0.05) is 0 Å². The minimum absolute atomic E-state index is 0.162. The third-order valence-corrected chi connectivity index (χ3v) is 3.96. The lowest BCUT2D eigenvalue weighted by molar-refractivity contribution is -0.127. The highest BCUT2D eigenvalue weighted by Gasteiger charge is 2.15. The van der Waals surface area contributed by atoms with Gasteiger partial charge in [0.2, 0.25) is 5.91 Å². The maximum Gasteiger partial charge on any atom is 0.247 e. The fraction of sp³-hybridized carbons (Fsp3) is 0.190. The number of furan rings is 2. The van der Waals surface area contributed by atoms with Gasteiger partial charge >= 0.3 is 0 Å². The molecule has 0 radical (unpaired) electrons. The molecule has 0 aliphatic rings. The van der Waals surface area contributed by atoms with E-state index in [1.165, 1.54) is 6.08 Å². The number of hydrogen-bond donors (Lipinski definition) is 0. The zero-order chi connectivity index (χ0) is 19.1. The number of rotatable bonds is 8. The van der Waals surface area contributed by atoms with Gasteiger partial charge in [0.15, 0.2) is 0 Å². The van der Waals surface area contributed by atoms with Gasteiger partial charge in [0.25, 0.3) is 0 Å². The molecule has 0 atom stereocenters. The van der Waals surface area contributed by atoms with E-state index >= 15 is 0 Å². The summed E-state index contributed by atoms with van der Waals surface area (Å²) in [5.41, 5.74) is 0.801. The third kappa shape index (κ3) is 5.04. The predicted octanol–water partition coefficient (Wildman–Crippen LogP) is 4.13. The largest absolute Gasteiger partial charge is 0.497 e. The number of ether oxygens (including phenoxy) is 2. The van der Waals surface area contributed by atoms with Crippen LogP contribution < -0.4 is 9.47 Å². The summed E-state index contributed by atoms with van der Waals surface area (Å²) >= 11 is 0. The Morgan fingerprint density at radius 3 is 1.96 bits per heavy atom. The van der Waals surface area contributed by atoms with Crippen LogP contribution in [0.2, 0.25) is 0 Å². The molecule has 2 aromatic heterocycles. The Morgan fingerprint density at radius 2 is 1.52 bits per heavy atom. The Balaban J connectivity index is 1.77. The van der Waals surface area contributed by atoms with Gasteiger partial charge in [-0.05, 0) is 48.0 Å². The van der Waals surface area contributed by atoms with Crippen LogP contribution in [-0.4, -0.2) is 25.0 Å². The molecule has 3 aromatic rings. The maximum atomic E-state index is 12.8. The van der Waals surface area contributed by atoms with Crippen LogP contribution in [-0.2, 0) is 17.9 Å². The van der Waals surface area contributed by atoms with E-state index in [0.29, 0.717) is 36.1 Å². The van der Waals surface area contributed by atoms with Crippen LogP contribution in [0.5, 0.6) is 11.5 Å². The highest BCUT2D eigenvalue weighted by molar-refractivity contribution is 5.91. The van der Waals surface area contributed by atoms with Crippen molar-refractivity contribution in [3.63, 3.8) is 0 Å². The summed E-state index contributed by atoms with van der Waals surface area (Å²) in [7, 11) is 3.17. The fourth-order valence-electron chi connectivity index (χ4n) is 2.59. The van der Waals surface area contributed by atoms with Crippen LogP contribution in [0.3, 0.4) is 0 Å². The van der Waals surface area contributed by atoms with Gasteiger partial charge in [-0.3, -0.25) is 4.79 Å². The van der Waals surface area contributed by atoms with Gasteiger partial charge in [-0.15, -0.1) is 0 Å². The molecule has 0 aliphatic heterocycles. The van der Waals surface area contributed by atoms with Gasteiger partial charge in [0.05, 0.1) is 39.8 Å². The molecule has 3 rings (SSSR count). The van der Waals surface area contributed by atoms with Crippen molar-refractivity contribution in [2.75, 3.05) is 14.2 Å². The molecular weight excluding hydrogens is 346 g/mol. The molecule has 2 heterocycles. The number of methoxy groups -OCH3 is 2. The Hall–Kier alpha value is -3.41. The summed E-state index contributed by atoms with van der Waals surface area (Å²) in [6.07, 6.45) is 6.41. The van der Waals surface area contributed by atoms with Crippen LogP contribution in [0.15, 0.2) is 69.9 Å². The number of benzene rings is 1. The third-order valence-electron chi connectivity index (χ3n) is 3.96. The first-order chi connectivity index (χ1) is 13.2. The molecule has 0 saturated heterocycles. The maximum absolute atomic E-state index is 12.8. The molecular formula is C21H21NO5. The SMILES string of the molecule is COc1cc(/C=C/C(=O)N(Cc2ccco2)Cc2ccco2)cc(OC)c1. The molecule has 27 heavy (non-hydrogen) atoms. The van der Waals surface area contributed by atoms with Crippen molar-refractivity contribution in [3.05, 3.63) is 78.2 Å². The summed E-state index contributed by atoms with van der Waals surface area (Å²) in [6.45, 7) is 0.691. The van der Waals surface area contributed by atoms with Crippen molar-refractivity contribution >= 4 is 12.0 Å². The summed E-state index contributed by atoms with van der Waals surface area (Å²) < 4.78 is 21.3. The topological polar surface area (TPSA) is 65.0 Å². The van der Waals surface area contributed by atoms with Crippen molar-refractivity contribution < 1.29 is 23.1 Å². The Labute approximate surface area is 157 Å². The molecule has 1 amide bonds. The van der Waals surface area contributed by atoms with E-state index < -0.39 is 0 Å². The van der Waals surface area contributed by atoms with Crippen LogP contribution in [0.25, 0.3) is 6.08 Å². The molecule has 0 spiro atoms. The Morgan fingerprint density at radius 1 is 0.963 bits per heavy atom. The van der Waals surface area contributed by atoms with Crippen LogP contribution >= 0.6 is 0 Å². The Kier molecular flexibility index (Phi) is 5.99. The van der Waals surface area contributed by atoms with E-state index in [1.807, 2.05) is 24.3 Å². The molecule has 0 unspecified atom stereocenters. The monoisotopic (exact) mass is 367 g/mol.